The monoisotopic (exact) mass is 342 g/mol. The summed E-state index contributed by atoms with van der Waals surface area (Å²) in [6.45, 7) is 1.92. The molecule has 0 unspecified atom stereocenters. The molecule has 0 fully saturated rings. The highest BCUT2D eigenvalue weighted by Gasteiger charge is 2.08. The first-order valence-corrected chi connectivity index (χ1v) is 5.25. The fourth-order valence-electron chi connectivity index (χ4n) is 0.714. The Bertz CT molecular complexity index is 270. The fourth-order valence-corrected chi connectivity index (χ4v) is 2.12. The Kier molecular flexibility index (Phi) is 3.00. The maximum absolute atomic E-state index is 9.31. The van der Waals surface area contributed by atoms with E-state index >= 15 is 0 Å². The van der Waals surface area contributed by atoms with E-state index in [2.05, 4.69) is 47.8 Å². The number of phenols is 1. The zero-order valence-electron chi connectivity index (χ0n) is 5.66. The zero-order valence-corrected chi connectivity index (χ0v) is 10.4. The van der Waals surface area contributed by atoms with Gasteiger partial charge >= 0.3 is 0 Å². The molecule has 0 aliphatic carbocycles. The van der Waals surface area contributed by atoms with Crippen molar-refractivity contribution in [2.24, 2.45) is 0 Å². The molecule has 11 heavy (non-hydrogen) atoms. The summed E-state index contributed by atoms with van der Waals surface area (Å²) in [5.74, 6) is 0.248. The summed E-state index contributed by atoms with van der Waals surface area (Å²) in [5.41, 5.74) is 0.983. The lowest BCUT2D eigenvalue weighted by Gasteiger charge is -2.05. The van der Waals surface area contributed by atoms with Crippen molar-refractivity contribution in [3.63, 3.8) is 0 Å². The first-order chi connectivity index (χ1) is 5.04. The average molecular weight is 345 g/mol. The van der Waals surface area contributed by atoms with Gasteiger partial charge < -0.3 is 5.11 Å². The molecule has 1 rings (SSSR count). The van der Waals surface area contributed by atoms with E-state index < -0.39 is 0 Å². The Labute approximate surface area is 90.2 Å². The van der Waals surface area contributed by atoms with Crippen molar-refractivity contribution in [2.75, 3.05) is 0 Å². The van der Waals surface area contributed by atoms with E-state index in [4.69, 9.17) is 0 Å². The lowest BCUT2D eigenvalue weighted by atomic mass is 10.2. The molecule has 0 saturated carbocycles. The van der Waals surface area contributed by atoms with Gasteiger partial charge in [0, 0.05) is 8.95 Å². The molecule has 1 N–H and O–H groups in total. The van der Waals surface area contributed by atoms with Crippen LogP contribution in [-0.2, 0) is 0 Å². The molecule has 0 heterocycles. The van der Waals surface area contributed by atoms with Gasteiger partial charge in [0.15, 0.2) is 0 Å². The smallest absolute Gasteiger partial charge is 0.131 e. The maximum Gasteiger partial charge on any atom is 0.131 e. The number of benzene rings is 1. The van der Waals surface area contributed by atoms with Crippen LogP contribution in [0.5, 0.6) is 5.75 Å². The number of hydrogen-bond donors (Lipinski definition) is 1. The molecule has 1 aromatic carbocycles. The van der Waals surface area contributed by atoms with Crippen LogP contribution < -0.4 is 0 Å². The second-order valence-corrected chi connectivity index (χ2v) is 4.57. The molecule has 0 spiro atoms. The summed E-state index contributed by atoms with van der Waals surface area (Å²) in [7, 11) is 0. The van der Waals surface area contributed by atoms with Crippen LogP contribution in [0.2, 0.25) is 0 Å². The number of aromatic hydroxyl groups is 1. The van der Waals surface area contributed by atoms with Gasteiger partial charge in [0.2, 0.25) is 0 Å². The number of hydrogen-bond acceptors (Lipinski definition) is 1. The predicted octanol–water partition coefficient (Wildman–Crippen LogP) is 3.99. The van der Waals surface area contributed by atoms with Gasteiger partial charge in [0.25, 0.3) is 0 Å². The van der Waals surface area contributed by atoms with Gasteiger partial charge in [0.1, 0.15) is 5.75 Å². The number of phenolic OH excluding ortho intramolecular Hbond substituents is 1. The molecule has 0 saturated heterocycles. The SMILES string of the molecule is Cc1c(Br)c(O)cc(Br)c1Br. The molecular formula is C7H5Br3O. The molecule has 60 valence electrons. The lowest BCUT2D eigenvalue weighted by Crippen LogP contribution is -1.80. The van der Waals surface area contributed by atoms with Crippen molar-refractivity contribution >= 4 is 47.8 Å². The summed E-state index contributed by atoms with van der Waals surface area (Å²) in [5, 5.41) is 9.31. The van der Waals surface area contributed by atoms with Crippen LogP contribution in [0.4, 0.5) is 0 Å². The Hall–Kier alpha value is 0.460. The highest BCUT2D eigenvalue weighted by molar-refractivity contribution is 9.13. The minimum atomic E-state index is 0.248. The van der Waals surface area contributed by atoms with Crippen LogP contribution in [-0.4, -0.2) is 5.11 Å². The number of rotatable bonds is 0. The second-order valence-electron chi connectivity index (χ2n) is 2.13. The molecule has 4 heteroatoms. The topological polar surface area (TPSA) is 20.2 Å². The second kappa shape index (κ2) is 3.46. The molecule has 0 amide bonds. The van der Waals surface area contributed by atoms with Crippen molar-refractivity contribution in [2.45, 2.75) is 6.92 Å². The molecular weight excluding hydrogens is 340 g/mol. The van der Waals surface area contributed by atoms with E-state index in [0.717, 1.165) is 19.0 Å². The van der Waals surface area contributed by atoms with Gasteiger partial charge in [-0.25, -0.2) is 0 Å². The van der Waals surface area contributed by atoms with Crippen LogP contribution >= 0.6 is 47.8 Å². The van der Waals surface area contributed by atoms with Gasteiger partial charge in [0.05, 0.1) is 4.47 Å². The molecule has 0 atom stereocenters. The van der Waals surface area contributed by atoms with Crippen molar-refractivity contribution in [3.05, 3.63) is 25.0 Å². The fraction of sp³-hybridized carbons (Fsp3) is 0.143. The van der Waals surface area contributed by atoms with Crippen LogP contribution in [0.1, 0.15) is 5.56 Å². The normalized spacial score (nSPS) is 10.2. The molecule has 1 nitrogen and oxygen atoms in total. The summed E-state index contributed by atoms with van der Waals surface area (Å²) in [6.07, 6.45) is 0. The van der Waals surface area contributed by atoms with E-state index in [-0.39, 0.29) is 5.75 Å². The van der Waals surface area contributed by atoms with Gasteiger partial charge in [-0.2, -0.15) is 0 Å². The molecule has 0 aliphatic heterocycles. The summed E-state index contributed by atoms with van der Waals surface area (Å²) >= 11 is 9.94. The predicted molar refractivity (Wildman–Crippen MR) is 55.9 cm³/mol. The van der Waals surface area contributed by atoms with Crippen LogP contribution in [0.3, 0.4) is 0 Å². The zero-order chi connectivity index (χ0) is 8.59. The summed E-state index contributed by atoms with van der Waals surface area (Å²) < 4.78 is 2.55. The minimum absolute atomic E-state index is 0.248. The molecule has 0 aliphatic rings. The molecule has 0 aromatic heterocycles. The third-order valence-electron chi connectivity index (χ3n) is 1.36. The first kappa shape index (κ1) is 9.55. The molecule has 0 bridgehead atoms. The third-order valence-corrected chi connectivity index (χ3v) is 4.54. The average Bonchev–Trinajstić information content (AvgIpc) is 1.97. The highest BCUT2D eigenvalue weighted by Crippen LogP contribution is 2.37. The molecule has 1 aromatic rings. The molecule has 0 radical (unpaired) electrons. The van der Waals surface area contributed by atoms with E-state index in [1.807, 2.05) is 6.92 Å². The Morgan fingerprint density at radius 3 is 2.27 bits per heavy atom. The summed E-state index contributed by atoms with van der Waals surface area (Å²) in [4.78, 5) is 0. The summed E-state index contributed by atoms with van der Waals surface area (Å²) in [6, 6.07) is 1.64. The Balaban J connectivity index is 3.46. The largest absolute Gasteiger partial charge is 0.507 e. The Morgan fingerprint density at radius 2 is 1.73 bits per heavy atom. The first-order valence-electron chi connectivity index (χ1n) is 2.87. The van der Waals surface area contributed by atoms with E-state index in [9.17, 15) is 5.11 Å². The van der Waals surface area contributed by atoms with Crippen molar-refractivity contribution < 1.29 is 5.11 Å². The minimum Gasteiger partial charge on any atom is -0.507 e. The highest BCUT2D eigenvalue weighted by atomic mass is 79.9. The van der Waals surface area contributed by atoms with Crippen LogP contribution in [0.25, 0.3) is 0 Å². The van der Waals surface area contributed by atoms with E-state index in [0.29, 0.717) is 0 Å². The lowest BCUT2D eigenvalue weighted by molar-refractivity contribution is 0.471. The van der Waals surface area contributed by atoms with Gasteiger partial charge in [-0.15, -0.1) is 0 Å². The standard InChI is InChI=1S/C7H5Br3O/c1-3-6(9)4(8)2-5(11)7(3)10/h2,11H,1H3. The van der Waals surface area contributed by atoms with Gasteiger partial charge in [-0.1, -0.05) is 0 Å². The van der Waals surface area contributed by atoms with E-state index in [1.54, 1.807) is 6.07 Å². The maximum atomic E-state index is 9.31. The number of halogens is 3. The Morgan fingerprint density at radius 1 is 1.18 bits per heavy atom. The van der Waals surface area contributed by atoms with Crippen LogP contribution in [0, 0.1) is 6.92 Å². The van der Waals surface area contributed by atoms with Gasteiger partial charge in [-0.05, 0) is 66.3 Å². The van der Waals surface area contributed by atoms with Crippen molar-refractivity contribution in [1.29, 1.82) is 0 Å². The third kappa shape index (κ3) is 1.79. The van der Waals surface area contributed by atoms with Crippen LogP contribution in [0.15, 0.2) is 19.5 Å². The van der Waals surface area contributed by atoms with Gasteiger partial charge in [-0.3, -0.25) is 0 Å². The van der Waals surface area contributed by atoms with E-state index in [1.165, 1.54) is 0 Å². The quantitative estimate of drug-likeness (QED) is 0.706. The van der Waals surface area contributed by atoms with Crippen molar-refractivity contribution in [1.82, 2.24) is 0 Å². The van der Waals surface area contributed by atoms with Crippen molar-refractivity contribution in [3.8, 4) is 5.75 Å².